The fourth-order valence-corrected chi connectivity index (χ4v) is 2.12. The third kappa shape index (κ3) is 8.30. The topological polar surface area (TPSA) is 36.4 Å². The van der Waals surface area contributed by atoms with E-state index in [1.54, 1.807) is 11.3 Å². The van der Waals surface area contributed by atoms with Crippen LogP contribution in [0.4, 0.5) is 13.2 Å². The zero-order valence-electron chi connectivity index (χ0n) is 10.7. The van der Waals surface area contributed by atoms with Gasteiger partial charge in [0.2, 0.25) is 0 Å². The first-order chi connectivity index (χ1) is 8.40. The summed E-state index contributed by atoms with van der Waals surface area (Å²) in [6, 6.07) is 3.98. The van der Waals surface area contributed by atoms with Crippen molar-refractivity contribution in [3.05, 3.63) is 21.9 Å². The lowest BCUT2D eigenvalue weighted by Crippen LogP contribution is -2.38. The maximum Gasteiger partial charge on any atom is 0.390 e. The summed E-state index contributed by atoms with van der Waals surface area (Å²) in [5, 5.41) is 5.59. The molecule has 110 valence electrons. The molecule has 0 aromatic carbocycles. The molecule has 0 saturated carbocycles. The molecule has 0 fully saturated rings. The van der Waals surface area contributed by atoms with Gasteiger partial charge in [0.1, 0.15) is 0 Å². The van der Waals surface area contributed by atoms with Crippen molar-refractivity contribution in [2.24, 2.45) is 4.99 Å². The highest BCUT2D eigenvalue weighted by Crippen LogP contribution is 2.18. The summed E-state index contributed by atoms with van der Waals surface area (Å²) in [6.07, 6.45) is -5.01. The third-order valence-electron chi connectivity index (χ3n) is 2.15. The Balaban J connectivity index is 0.00000324. The van der Waals surface area contributed by atoms with Crippen LogP contribution in [-0.4, -0.2) is 25.7 Å². The third-order valence-corrected chi connectivity index (χ3v) is 3.15. The average Bonchev–Trinajstić information content (AvgIpc) is 2.67. The van der Waals surface area contributed by atoms with Gasteiger partial charge in [-0.25, -0.2) is 0 Å². The molecular formula is C11H17F3IN3S. The van der Waals surface area contributed by atoms with Crippen LogP contribution >= 0.6 is 35.3 Å². The van der Waals surface area contributed by atoms with E-state index in [1.165, 1.54) is 11.9 Å². The Kier molecular flexibility index (Phi) is 8.39. The van der Waals surface area contributed by atoms with E-state index in [0.29, 0.717) is 12.5 Å². The van der Waals surface area contributed by atoms with E-state index in [4.69, 9.17) is 0 Å². The monoisotopic (exact) mass is 407 g/mol. The van der Waals surface area contributed by atoms with Crippen molar-refractivity contribution in [3.63, 3.8) is 0 Å². The maximum atomic E-state index is 12.0. The molecule has 1 aromatic rings. The van der Waals surface area contributed by atoms with Gasteiger partial charge in [0.15, 0.2) is 5.96 Å². The minimum absolute atomic E-state index is 0. The second-order valence-corrected chi connectivity index (χ2v) is 5.10. The van der Waals surface area contributed by atoms with E-state index in [-0.39, 0.29) is 30.5 Å². The summed E-state index contributed by atoms with van der Waals surface area (Å²) in [7, 11) is 1.53. The molecule has 1 heterocycles. The van der Waals surface area contributed by atoms with Crippen molar-refractivity contribution in [1.82, 2.24) is 10.6 Å². The van der Waals surface area contributed by atoms with E-state index < -0.39 is 12.6 Å². The summed E-state index contributed by atoms with van der Waals surface area (Å²) in [6.45, 7) is 2.39. The molecule has 0 atom stereocenters. The first kappa shape index (κ1) is 18.5. The zero-order valence-corrected chi connectivity index (χ0v) is 13.8. The van der Waals surface area contributed by atoms with Gasteiger partial charge in [-0.1, -0.05) is 0 Å². The molecule has 0 spiro atoms. The van der Waals surface area contributed by atoms with Crippen molar-refractivity contribution in [2.45, 2.75) is 26.1 Å². The molecule has 8 heteroatoms. The lowest BCUT2D eigenvalue weighted by Gasteiger charge is -2.12. The highest BCUT2D eigenvalue weighted by atomic mass is 127. The molecule has 0 aliphatic heterocycles. The molecule has 0 bridgehead atoms. The number of thiophene rings is 1. The Morgan fingerprint density at radius 2 is 2.00 bits per heavy atom. The van der Waals surface area contributed by atoms with E-state index in [2.05, 4.69) is 15.6 Å². The molecule has 0 saturated heterocycles. The minimum Gasteiger partial charge on any atom is -0.356 e. The van der Waals surface area contributed by atoms with Gasteiger partial charge >= 0.3 is 6.18 Å². The Labute approximate surface area is 131 Å². The number of halogens is 4. The molecule has 0 unspecified atom stereocenters. The van der Waals surface area contributed by atoms with Gasteiger partial charge in [-0.15, -0.1) is 35.3 Å². The van der Waals surface area contributed by atoms with Crippen LogP contribution in [0.2, 0.25) is 0 Å². The highest BCUT2D eigenvalue weighted by molar-refractivity contribution is 14.0. The number of rotatable bonds is 4. The largest absolute Gasteiger partial charge is 0.390 e. The Morgan fingerprint density at radius 3 is 2.47 bits per heavy atom. The zero-order chi connectivity index (χ0) is 13.6. The predicted molar refractivity (Wildman–Crippen MR) is 83.3 cm³/mol. The molecule has 3 nitrogen and oxygen atoms in total. The Morgan fingerprint density at radius 1 is 1.32 bits per heavy atom. The van der Waals surface area contributed by atoms with Crippen LogP contribution in [0.1, 0.15) is 16.2 Å². The van der Waals surface area contributed by atoms with E-state index in [9.17, 15) is 13.2 Å². The fraction of sp³-hybridized carbons (Fsp3) is 0.545. The molecule has 1 aromatic heterocycles. The van der Waals surface area contributed by atoms with Crippen molar-refractivity contribution < 1.29 is 13.2 Å². The first-order valence-electron chi connectivity index (χ1n) is 5.47. The summed E-state index contributed by atoms with van der Waals surface area (Å²) < 4.78 is 35.9. The van der Waals surface area contributed by atoms with Gasteiger partial charge in [-0.05, 0) is 19.1 Å². The van der Waals surface area contributed by atoms with Gasteiger partial charge in [0.05, 0.1) is 13.0 Å². The quantitative estimate of drug-likeness (QED) is 0.457. The predicted octanol–water partition coefficient (Wildman–Crippen LogP) is 3.29. The van der Waals surface area contributed by atoms with Gasteiger partial charge in [0.25, 0.3) is 0 Å². The van der Waals surface area contributed by atoms with Gasteiger partial charge in [-0.3, -0.25) is 4.99 Å². The number of guanidine groups is 1. The second kappa shape index (κ2) is 8.62. The standard InChI is InChI=1S/C11H16F3N3S.HI/c1-8-3-4-9(18-8)7-17-10(15-2)16-6-5-11(12,13)14;/h3-4H,5-7H2,1-2H3,(H2,15,16,17);1H. The Bertz CT molecular complexity index is 404. The number of nitrogens with one attached hydrogen (secondary N) is 2. The molecule has 19 heavy (non-hydrogen) atoms. The molecular weight excluding hydrogens is 390 g/mol. The van der Waals surface area contributed by atoms with Gasteiger partial charge < -0.3 is 10.6 Å². The maximum absolute atomic E-state index is 12.0. The number of hydrogen-bond acceptors (Lipinski definition) is 2. The highest BCUT2D eigenvalue weighted by Gasteiger charge is 2.26. The van der Waals surface area contributed by atoms with Crippen LogP contribution < -0.4 is 10.6 Å². The average molecular weight is 407 g/mol. The van der Waals surface area contributed by atoms with Crippen LogP contribution in [0.15, 0.2) is 17.1 Å². The van der Waals surface area contributed by atoms with Gasteiger partial charge in [0, 0.05) is 23.3 Å². The summed E-state index contributed by atoms with van der Waals surface area (Å²) in [5.74, 6) is 0.380. The number of alkyl halides is 3. The van der Waals surface area contributed by atoms with Crippen molar-refractivity contribution in [3.8, 4) is 0 Å². The molecule has 1 rings (SSSR count). The first-order valence-corrected chi connectivity index (χ1v) is 6.29. The normalized spacial score (nSPS) is 11.9. The number of nitrogens with zero attached hydrogens (tertiary/aromatic N) is 1. The van der Waals surface area contributed by atoms with Crippen molar-refractivity contribution in [2.75, 3.05) is 13.6 Å². The fourth-order valence-electron chi connectivity index (χ4n) is 1.29. The summed E-state index contributed by atoms with van der Waals surface area (Å²) in [5.41, 5.74) is 0. The van der Waals surface area contributed by atoms with E-state index in [1.807, 2.05) is 19.1 Å². The van der Waals surface area contributed by atoms with Crippen molar-refractivity contribution >= 4 is 41.3 Å². The van der Waals surface area contributed by atoms with Crippen LogP contribution in [0.5, 0.6) is 0 Å². The van der Waals surface area contributed by atoms with Crippen molar-refractivity contribution in [1.29, 1.82) is 0 Å². The van der Waals surface area contributed by atoms with Gasteiger partial charge in [-0.2, -0.15) is 13.2 Å². The summed E-state index contributed by atoms with van der Waals surface area (Å²) >= 11 is 1.64. The minimum atomic E-state index is -4.14. The van der Waals surface area contributed by atoms with E-state index >= 15 is 0 Å². The lowest BCUT2D eigenvalue weighted by atomic mass is 10.4. The SMILES string of the molecule is CN=C(NCCC(F)(F)F)NCc1ccc(C)s1.I. The molecule has 2 N–H and O–H groups in total. The molecule has 0 amide bonds. The molecule has 0 aliphatic rings. The Hall–Kier alpha value is -0.510. The van der Waals surface area contributed by atoms with Crippen LogP contribution in [0, 0.1) is 6.92 Å². The smallest absolute Gasteiger partial charge is 0.356 e. The lowest BCUT2D eigenvalue weighted by molar-refractivity contribution is -0.132. The van der Waals surface area contributed by atoms with E-state index in [0.717, 1.165) is 4.88 Å². The van der Waals surface area contributed by atoms with Crippen LogP contribution in [0.25, 0.3) is 0 Å². The molecule has 0 aliphatic carbocycles. The second-order valence-electron chi connectivity index (χ2n) is 3.73. The number of aryl methyl sites for hydroxylation is 1. The number of hydrogen-bond donors (Lipinski definition) is 2. The van der Waals surface area contributed by atoms with Crippen LogP contribution in [0.3, 0.4) is 0 Å². The van der Waals surface area contributed by atoms with Crippen LogP contribution in [-0.2, 0) is 6.54 Å². The molecule has 0 radical (unpaired) electrons. The summed E-state index contributed by atoms with van der Waals surface area (Å²) in [4.78, 5) is 6.18. The number of aliphatic imine (C=N–C) groups is 1.